The van der Waals surface area contributed by atoms with Crippen LogP contribution in [0.2, 0.25) is 0 Å². The summed E-state index contributed by atoms with van der Waals surface area (Å²) in [5, 5.41) is 1.27. The number of aryl methyl sites for hydroxylation is 1. The highest BCUT2D eigenvalue weighted by Gasteiger charge is 2.11. The Balaban J connectivity index is 1.77. The summed E-state index contributed by atoms with van der Waals surface area (Å²) in [7, 11) is -1.72. The van der Waals surface area contributed by atoms with E-state index in [0.717, 1.165) is 31.4 Å². The van der Waals surface area contributed by atoms with Crippen LogP contribution < -0.4 is 0 Å². The molecule has 0 spiro atoms. The number of aromatic nitrogens is 1. The number of hydrogen-bond acceptors (Lipinski definition) is 1. The van der Waals surface area contributed by atoms with Crippen molar-refractivity contribution < 1.29 is 14.4 Å². The van der Waals surface area contributed by atoms with Crippen LogP contribution in [0.1, 0.15) is 69.5 Å². The highest BCUT2D eigenvalue weighted by atomic mass is 31.2. The first-order valence-electron chi connectivity index (χ1n) is 10.2. The Hall–Kier alpha value is -1.61. The van der Waals surface area contributed by atoms with Gasteiger partial charge in [0.15, 0.2) is 0 Å². The van der Waals surface area contributed by atoms with E-state index in [4.69, 9.17) is 9.79 Å². The van der Waals surface area contributed by atoms with Crippen molar-refractivity contribution in [3.63, 3.8) is 0 Å². The molecule has 154 valence electrons. The number of para-hydroxylation sites is 1. The molecule has 2 aromatic rings. The van der Waals surface area contributed by atoms with Gasteiger partial charge in [0.05, 0.1) is 0 Å². The van der Waals surface area contributed by atoms with Crippen molar-refractivity contribution in [2.75, 3.05) is 6.16 Å². The molecule has 1 aromatic carbocycles. The summed E-state index contributed by atoms with van der Waals surface area (Å²) in [6.45, 7) is 6.20. The van der Waals surface area contributed by atoms with Gasteiger partial charge in [-0.05, 0) is 38.3 Å². The van der Waals surface area contributed by atoms with E-state index in [-0.39, 0.29) is 6.16 Å². The average Bonchev–Trinajstić information content (AvgIpc) is 2.91. The minimum absolute atomic E-state index is 0.0256. The third-order valence-electron chi connectivity index (χ3n) is 5.30. The van der Waals surface area contributed by atoms with Crippen LogP contribution in [-0.4, -0.2) is 20.5 Å². The highest BCUT2D eigenvalue weighted by molar-refractivity contribution is 7.51. The van der Waals surface area contributed by atoms with E-state index < -0.39 is 7.60 Å². The number of rotatable bonds is 12. The Morgan fingerprint density at radius 3 is 2.32 bits per heavy atom. The first-order chi connectivity index (χ1) is 13.3. The molecule has 0 saturated carbocycles. The summed E-state index contributed by atoms with van der Waals surface area (Å²) < 4.78 is 13.0. The molecule has 0 bridgehead atoms. The summed E-state index contributed by atoms with van der Waals surface area (Å²) in [5.74, 6) is 0. The molecular weight excluding hydrogens is 369 g/mol. The van der Waals surface area contributed by atoms with Crippen molar-refractivity contribution in [3.05, 3.63) is 47.7 Å². The second-order valence-corrected chi connectivity index (χ2v) is 9.46. The van der Waals surface area contributed by atoms with Crippen molar-refractivity contribution in [3.8, 4) is 0 Å². The van der Waals surface area contributed by atoms with E-state index in [2.05, 4.69) is 55.5 Å². The number of unbranched alkanes of at least 4 members (excludes halogenated alkanes) is 6. The molecule has 0 aliphatic carbocycles. The average molecular weight is 404 g/mol. The molecule has 0 unspecified atom stereocenters. The number of hydrogen-bond donors (Lipinski definition) is 2. The quantitative estimate of drug-likeness (QED) is 0.313. The zero-order valence-electron chi connectivity index (χ0n) is 17.2. The Morgan fingerprint density at radius 2 is 1.68 bits per heavy atom. The van der Waals surface area contributed by atoms with Crippen LogP contribution in [0.25, 0.3) is 23.1 Å². The molecule has 2 rings (SSSR count). The second-order valence-electron chi connectivity index (χ2n) is 7.68. The van der Waals surface area contributed by atoms with Gasteiger partial charge in [0, 0.05) is 35.4 Å². The molecule has 0 amide bonds. The maximum Gasteiger partial charge on any atom is 0.325 e. The molecule has 1 heterocycles. The van der Waals surface area contributed by atoms with Gasteiger partial charge in [0.25, 0.3) is 0 Å². The van der Waals surface area contributed by atoms with Crippen LogP contribution in [0.5, 0.6) is 0 Å². The smallest absolute Gasteiger partial charge is 0.325 e. The van der Waals surface area contributed by atoms with Crippen LogP contribution in [0, 0.1) is 0 Å². The van der Waals surface area contributed by atoms with Crippen LogP contribution in [0.3, 0.4) is 0 Å². The lowest BCUT2D eigenvalue weighted by molar-refractivity contribution is 0.370. The van der Waals surface area contributed by atoms with Crippen LogP contribution in [0.15, 0.2) is 36.4 Å². The largest absolute Gasteiger partial charge is 0.344 e. The number of benzene rings is 1. The maximum absolute atomic E-state index is 10.8. The Morgan fingerprint density at radius 1 is 1.07 bits per heavy atom. The van der Waals surface area contributed by atoms with Crippen molar-refractivity contribution >= 4 is 30.7 Å². The van der Waals surface area contributed by atoms with Gasteiger partial charge < -0.3 is 14.4 Å². The normalized spacial score (nSPS) is 12.6. The fourth-order valence-corrected chi connectivity index (χ4v) is 4.40. The Bertz CT molecular complexity index is 860. The van der Waals surface area contributed by atoms with E-state index in [1.54, 1.807) is 0 Å². The zero-order chi connectivity index (χ0) is 20.6. The van der Waals surface area contributed by atoms with E-state index in [1.807, 2.05) is 6.08 Å². The molecule has 28 heavy (non-hydrogen) atoms. The summed E-state index contributed by atoms with van der Waals surface area (Å²) in [6.07, 6.45) is 12.7. The number of fused-ring (bicyclic) bond motifs is 1. The molecule has 0 aliphatic heterocycles. The molecule has 2 N–H and O–H groups in total. The van der Waals surface area contributed by atoms with Crippen molar-refractivity contribution in [1.29, 1.82) is 0 Å². The molecule has 0 atom stereocenters. The fourth-order valence-electron chi connectivity index (χ4n) is 3.76. The second kappa shape index (κ2) is 10.8. The minimum Gasteiger partial charge on any atom is -0.344 e. The van der Waals surface area contributed by atoms with Gasteiger partial charge in [0.2, 0.25) is 0 Å². The van der Waals surface area contributed by atoms with Crippen molar-refractivity contribution in [2.45, 2.75) is 58.3 Å². The highest BCUT2D eigenvalue weighted by Crippen LogP contribution is 2.35. The van der Waals surface area contributed by atoms with E-state index in [1.165, 1.54) is 41.3 Å². The molecule has 5 heteroatoms. The summed E-state index contributed by atoms with van der Waals surface area (Å²) >= 11 is 0. The third-order valence-corrected chi connectivity index (χ3v) is 6.20. The first-order valence-corrected chi connectivity index (χ1v) is 12.0. The van der Waals surface area contributed by atoms with Crippen LogP contribution in [0.4, 0.5) is 0 Å². The lowest BCUT2D eigenvalue weighted by atomic mass is 10.0. The van der Waals surface area contributed by atoms with Crippen LogP contribution >= 0.6 is 7.60 Å². The summed E-state index contributed by atoms with van der Waals surface area (Å²) in [5.41, 5.74) is 5.04. The van der Waals surface area contributed by atoms with Crippen molar-refractivity contribution in [2.24, 2.45) is 7.05 Å². The van der Waals surface area contributed by atoms with Gasteiger partial charge in [-0.1, -0.05) is 68.5 Å². The summed E-state index contributed by atoms with van der Waals surface area (Å²) in [4.78, 5) is 17.7. The van der Waals surface area contributed by atoms with Crippen molar-refractivity contribution in [1.82, 2.24) is 4.57 Å². The van der Waals surface area contributed by atoms with Gasteiger partial charge in [-0.15, -0.1) is 0 Å². The molecule has 0 radical (unpaired) electrons. The van der Waals surface area contributed by atoms with Gasteiger partial charge >= 0.3 is 7.60 Å². The number of nitrogens with zero attached hydrogens (tertiary/aromatic N) is 1. The molecule has 0 aliphatic rings. The van der Waals surface area contributed by atoms with Gasteiger partial charge in [-0.2, -0.15) is 0 Å². The Labute approximate surface area is 169 Å². The maximum atomic E-state index is 10.8. The van der Waals surface area contributed by atoms with Gasteiger partial charge in [-0.3, -0.25) is 4.57 Å². The first kappa shape index (κ1) is 22.7. The monoisotopic (exact) mass is 403 g/mol. The SMILES string of the molecule is C=Cc1c(C=C(C)CCCCCCCCCP(=O)(O)O)c2ccccc2n1C. The third kappa shape index (κ3) is 6.77. The summed E-state index contributed by atoms with van der Waals surface area (Å²) in [6, 6.07) is 8.48. The molecule has 0 saturated heterocycles. The lowest BCUT2D eigenvalue weighted by Gasteiger charge is -2.05. The zero-order valence-corrected chi connectivity index (χ0v) is 18.1. The predicted molar refractivity (Wildman–Crippen MR) is 121 cm³/mol. The van der Waals surface area contributed by atoms with Crippen LogP contribution in [-0.2, 0) is 11.6 Å². The number of allylic oxidation sites excluding steroid dienone is 1. The van der Waals surface area contributed by atoms with Gasteiger partial charge in [0.1, 0.15) is 0 Å². The minimum atomic E-state index is -3.81. The molecule has 4 nitrogen and oxygen atoms in total. The molecular formula is C23H34NO3P. The topological polar surface area (TPSA) is 62.5 Å². The van der Waals surface area contributed by atoms with E-state index in [9.17, 15) is 4.57 Å². The van der Waals surface area contributed by atoms with Gasteiger partial charge in [-0.25, -0.2) is 0 Å². The fraction of sp³-hybridized carbons (Fsp3) is 0.478. The van der Waals surface area contributed by atoms with E-state index >= 15 is 0 Å². The molecule has 1 aromatic heterocycles. The predicted octanol–water partition coefficient (Wildman–Crippen LogP) is 6.52. The van der Waals surface area contributed by atoms with E-state index in [0.29, 0.717) is 6.42 Å². The lowest BCUT2D eigenvalue weighted by Crippen LogP contribution is -1.90. The Kier molecular flexibility index (Phi) is 8.75. The molecule has 0 fully saturated rings. The standard InChI is InChI=1S/C23H34NO3P/c1-4-22-21(20-15-11-12-16-23(20)24(22)3)18-19(2)14-10-8-6-5-7-9-13-17-28(25,26)27/h4,11-12,15-16,18H,1,5-10,13-14,17H2,2-3H3,(H2,25,26,27).